The molecule has 0 bridgehead atoms. The van der Waals surface area contributed by atoms with E-state index in [1.165, 1.54) is 0 Å². The summed E-state index contributed by atoms with van der Waals surface area (Å²) >= 11 is 0. The third kappa shape index (κ3) is 4.80. The van der Waals surface area contributed by atoms with Gasteiger partial charge in [-0.3, -0.25) is 4.79 Å². The Morgan fingerprint density at radius 3 is 2.52 bits per heavy atom. The number of sulfonamides is 1. The fraction of sp³-hybridized carbons (Fsp3) is 0.611. The van der Waals surface area contributed by atoms with Crippen molar-refractivity contribution in [2.75, 3.05) is 26.2 Å². The Morgan fingerprint density at radius 1 is 1.16 bits per heavy atom. The van der Waals surface area contributed by atoms with E-state index >= 15 is 0 Å². The zero-order valence-electron chi connectivity index (χ0n) is 14.5. The molecule has 2 heterocycles. The van der Waals surface area contributed by atoms with Gasteiger partial charge in [-0.2, -0.15) is 4.31 Å². The minimum absolute atomic E-state index is 0.0544. The third-order valence-corrected chi connectivity index (χ3v) is 6.86. The average Bonchev–Trinajstić information content (AvgIpc) is 3.14. The molecule has 1 unspecified atom stereocenters. The Labute approximate surface area is 150 Å². The van der Waals surface area contributed by atoms with Crippen LogP contribution >= 0.6 is 0 Å². The summed E-state index contributed by atoms with van der Waals surface area (Å²) in [6, 6.07) is 7.21. The summed E-state index contributed by atoms with van der Waals surface area (Å²) in [6.07, 6.45) is 5.00. The lowest BCUT2D eigenvalue weighted by Crippen LogP contribution is -2.36. The fourth-order valence-corrected chi connectivity index (χ4v) is 4.94. The molecular weight excluding hydrogens is 338 g/mol. The highest BCUT2D eigenvalue weighted by molar-refractivity contribution is 7.89. The van der Waals surface area contributed by atoms with E-state index in [2.05, 4.69) is 10.6 Å². The van der Waals surface area contributed by atoms with Gasteiger partial charge in [0.1, 0.15) is 0 Å². The Morgan fingerprint density at radius 2 is 1.88 bits per heavy atom. The van der Waals surface area contributed by atoms with Crippen LogP contribution in [0.2, 0.25) is 0 Å². The van der Waals surface area contributed by atoms with E-state index in [1.54, 1.807) is 16.4 Å². The average molecular weight is 365 g/mol. The number of nitrogens with zero attached hydrogens (tertiary/aromatic N) is 1. The quantitative estimate of drug-likeness (QED) is 0.796. The zero-order valence-corrected chi connectivity index (χ0v) is 15.4. The van der Waals surface area contributed by atoms with Gasteiger partial charge in [-0.15, -0.1) is 0 Å². The summed E-state index contributed by atoms with van der Waals surface area (Å²) in [6.45, 7) is 3.02. The van der Waals surface area contributed by atoms with Crippen molar-refractivity contribution in [1.29, 1.82) is 0 Å². The number of piperidine rings is 1. The zero-order chi connectivity index (χ0) is 17.7. The Bertz CT molecular complexity index is 676. The minimum atomic E-state index is -3.38. The van der Waals surface area contributed by atoms with Gasteiger partial charge >= 0.3 is 0 Å². The molecule has 1 aromatic carbocycles. The molecule has 25 heavy (non-hydrogen) atoms. The summed E-state index contributed by atoms with van der Waals surface area (Å²) in [5, 5.41) is 6.25. The summed E-state index contributed by atoms with van der Waals surface area (Å²) in [4.78, 5) is 12.3. The molecule has 0 spiro atoms. The fourth-order valence-electron chi connectivity index (χ4n) is 3.42. The lowest BCUT2D eigenvalue weighted by molar-refractivity contribution is -0.121. The molecule has 0 aliphatic carbocycles. The van der Waals surface area contributed by atoms with Gasteiger partial charge in [0.2, 0.25) is 15.9 Å². The van der Waals surface area contributed by atoms with E-state index in [0.29, 0.717) is 30.8 Å². The molecule has 1 aromatic rings. The number of carbonyl (C=O) groups is 1. The predicted molar refractivity (Wildman–Crippen MR) is 96.8 cm³/mol. The molecule has 0 saturated carbocycles. The molecule has 2 N–H and O–H groups in total. The molecule has 7 heteroatoms. The van der Waals surface area contributed by atoms with Gasteiger partial charge < -0.3 is 10.6 Å². The molecule has 2 fully saturated rings. The van der Waals surface area contributed by atoms with Gasteiger partial charge in [0, 0.05) is 32.1 Å². The van der Waals surface area contributed by atoms with E-state index < -0.39 is 10.0 Å². The van der Waals surface area contributed by atoms with Crippen molar-refractivity contribution in [3.63, 3.8) is 0 Å². The van der Waals surface area contributed by atoms with Crippen LogP contribution in [0.3, 0.4) is 0 Å². The molecule has 1 amide bonds. The van der Waals surface area contributed by atoms with E-state index in [4.69, 9.17) is 0 Å². The Hall–Kier alpha value is -1.44. The second-order valence-corrected chi connectivity index (χ2v) is 8.80. The van der Waals surface area contributed by atoms with Crippen molar-refractivity contribution in [3.8, 4) is 0 Å². The molecule has 3 rings (SSSR count). The van der Waals surface area contributed by atoms with E-state index in [-0.39, 0.29) is 11.9 Å². The van der Waals surface area contributed by atoms with Crippen LogP contribution < -0.4 is 10.6 Å². The maximum absolute atomic E-state index is 12.6. The van der Waals surface area contributed by atoms with Gasteiger partial charge in [0.25, 0.3) is 0 Å². The second kappa shape index (κ2) is 8.29. The monoisotopic (exact) mass is 365 g/mol. The minimum Gasteiger partial charge on any atom is -0.352 e. The largest absolute Gasteiger partial charge is 0.352 e. The van der Waals surface area contributed by atoms with Gasteiger partial charge in [-0.1, -0.05) is 18.6 Å². The third-order valence-electron chi connectivity index (χ3n) is 4.94. The molecule has 6 nitrogen and oxygen atoms in total. The highest BCUT2D eigenvalue weighted by atomic mass is 32.2. The van der Waals surface area contributed by atoms with Crippen LogP contribution in [0.1, 0.15) is 37.7 Å². The molecule has 2 saturated heterocycles. The van der Waals surface area contributed by atoms with Crippen molar-refractivity contribution in [2.45, 2.75) is 49.5 Å². The van der Waals surface area contributed by atoms with Crippen molar-refractivity contribution in [3.05, 3.63) is 29.8 Å². The first kappa shape index (κ1) is 18.4. The first-order chi connectivity index (χ1) is 12.1. The highest BCUT2D eigenvalue weighted by Gasteiger charge is 2.25. The summed E-state index contributed by atoms with van der Waals surface area (Å²) in [5.41, 5.74) is 0.984. The SMILES string of the molecule is O=C(CCc1ccc(S(=O)(=O)N2CCCCC2)cc1)NC1CCNC1. The number of rotatable bonds is 6. The molecule has 1 atom stereocenters. The van der Waals surface area contributed by atoms with Crippen LogP contribution in [-0.4, -0.2) is 50.9 Å². The number of aryl methyl sites for hydroxylation is 1. The summed E-state index contributed by atoms with van der Waals surface area (Å²) in [7, 11) is -3.38. The lowest BCUT2D eigenvalue weighted by atomic mass is 10.1. The smallest absolute Gasteiger partial charge is 0.243 e. The normalized spacial score (nSPS) is 22.0. The maximum atomic E-state index is 12.6. The van der Waals surface area contributed by atoms with Crippen LogP contribution in [0, 0.1) is 0 Å². The number of hydrogen-bond donors (Lipinski definition) is 2. The Balaban J connectivity index is 1.53. The van der Waals surface area contributed by atoms with E-state index in [1.807, 2.05) is 12.1 Å². The number of hydrogen-bond acceptors (Lipinski definition) is 4. The number of benzene rings is 1. The molecule has 0 radical (unpaired) electrons. The molecular formula is C18H27N3O3S. The van der Waals surface area contributed by atoms with E-state index in [0.717, 1.165) is 44.3 Å². The Kier molecular flexibility index (Phi) is 6.09. The van der Waals surface area contributed by atoms with Crippen molar-refractivity contribution in [1.82, 2.24) is 14.9 Å². The number of nitrogens with one attached hydrogen (secondary N) is 2. The van der Waals surface area contributed by atoms with Gasteiger partial charge in [-0.05, 0) is 49.9 Å². The van der Waals surface area contributed by atoms with Gasteiger partial charge in [0.05, 0.1) is 4.90 Å². The van der Waals surface area contributed by atoms with E-state index in [9.17, 15) is 13.2 Å². The summed E-state index contributed by atoms with van der Waals surface area (Å²) < 4.78 is 26.8. The first-order valence-corrected chi connectivity index (χ1v) is 10.6. The summed E-state index contributed by atoms with van der Waals surface area (Å²) in [5.74, 6) is 0.0544. The topological polar surface area (TPSA) is 78.5 Å². The van der Waals surface area contributed by atoms with Gasteiger partial charge in [0.15, 0.2) is 0 Å². The van der Waals surface area contributed by atoms with Crippen LogP contribution in [-0.2, 0) is 21.2 Å². The molecule has 2 aliphatic rings. The maximum Gasteiger partial charge on any atom is 0.243 e. The van der Waals surface area contributed by atoms with Crippen LogP contribution in [0.4, 0.5) is 0 Å². The highest BCUT2D eigenvalue weighted by Crippen LogP contribution is 2.21. The van der Waals surface area contributed by atoms with Crippen molar-refractivity contribution < 1.29 is 13.2 Å². The van der Waals surface area contributed by atoms with Crippen LogP contribution in [0.15, 0.2) is 29.2 Å². The predicted octanol–water partition coefficient (Wildman–Crippen LogP) is 1.27. The molecule has 2 aliphatic heterocycles. The number of carbonyl (C=O) groups excluding carboxylic acids is 1. The van der Waals surface area contributed by atoms with Crippen LogP contribution in [0.25, 0.3) is 0 Å². The molecule has 0 aromatic heterocycles. The lowest BCUT2D eigenvalue weighted by Gasteiger charge is -2.25. The van der Waals surface area contributed by atoms with Crippen LogP contribution in [0.5, 0.6) is 0 Å². The van der Waals surface area contributed by atoms with Crippen molar-refractivity contribution in [2.24, 2.45) is 0 Å². The second-order valence-electron chi connectivity index (χ2n) is 6.87. The number of amides is 1. The first-order valence-electron chi connectivity index (χ1n) is 9.15. The molecule has 138 valence electrons. The standard InChI is InChI=1S/C18H27N3O3S/c22-18(20-16-10-11-19-14-16)9-6-15-4-7-17(8-5-15)25(23,24)21-12-2-1-3-13-21/h4-5,7-8,16,19H,1-3,6,9-14H2,(H,20,22). The van der Waals surface area contributed by atoms with Gasteiger partial charge in [-0.25, -0.2) is 8.42 Å². The van der Waals surface area contributed by atoms with Crippen molar-refractivity contribution >= 4 is 15.9 Å².